The van der Waals surface area contributed by atoms with Gasteiger partial charge in [-0.15, -0.1) is 0 Å². The lowest BCUT2D eigenvalue weighted by molar-refractivity contribution is -0.116. The molecule has 5 nitrogen and oxygen atoms in total. The average Bonchev–Trinajstić information content (AvgIpc) is 2.63. The van der Waals surface area contributed by atoms with Crippen LogP contribution in [0.1, 0.15) is 29.3 Å². The number of esters is 1. The van der Waals surface area contributed by atoms with Gasteiger partial charge in [0.05, 0.1) is 25.0 Å². The molecule has 0 bridgehead atoms. The van der Waals surface area contributed by atoms with Gasteiger partial charge in [-0.05, 0) is 31.0 Å². The van der Waals surface area contributed by atoms with E-state index < -0.39 is 29.1 Å². The number of carbonyl (C=O) groups is 2. The standard InChI is InChI=1S/C19H19F2NO4/c1-3-26-17-7-5-4-6-12(17)8-9-18(23)22-16-10-13(19(24)25-2)14(20)11-15(16)21/h4-7,10-11H,3,8-9H2,1-2H3,(H,22,23). The van der Waals surface area contributed by atoms with Crippen LogP contribution >= 0.6 is 0 Å². The van der Waals surface area contributed by atoms with Crippen LogP contribution < -0.4 is 10.1 Å². The van der Waals surface area contributed by atoms with Gasteiger partial charge in [0.2, 0.25) is 5.91 Å². The third-order valence-corrected chi connectivity index (χ3v) is 3.63. The smallest absolute Gasteiger partial charge is 0.340 e. The highest BCUT2D eigenvalue weighted by Crippen LogP contribution is 2.22. The van der Waals surface area contributed by atoms with E-state index in [0.717, 1.165) is 18.7 Å². The second kappa shape index (κ2) is 8.94. The lowest BCUT2D eigenvalue weighted by Gasteiger charge is -2.11. The number of carbonyl (C=O) groups excluding carboxylic acids is 2. The summed E-state index contributed by atoms with van der Waals surface area (Å²) in [5.74, 6) is -2.78. The van der Waals surface area contributed by atoms with Crippen molar-refractivity contribution in [1.82, 2.24) is 0 Å². The van der Waals surface area contributed by atoms with Crippen molar-refractivity contribution in [2.75, 3.05) is 19.0 Å². The number of nitrogens with one attached hydrogen (secondary N) is 1. The second-order valence-corrected chi connectivity index (χ2v) is 5.39. The van der Waals surface area contributed by atoms with E-state index in [1.807, 2.05) is 25.1 Å². The van der Waals surface area contributed by atoms with Gasteiger partial charge < -0.3 is 14.8 Å². The minimum absolute atomic E-state index is 0.0639. The van der Waals surface area contributed by atoms with E-state index in [1.54, 1.807) is 6.07 Å². The molecule has 0 spiro atoms. The molecule has 0 aromatic heterocycles. The van der Waals surface area contributed by atoms with Gasteiger partial charge in [-0.3, -0.25) is 4.79 Å². The highest BCUT2D eigenvalue weighted by atomic mass is 19.1. The predicted molar refractivity (Wildman–Crippen MR) is 92.3 cm³/mol. The van der Waals surface area contributed by atoms with Gasteiger partial charge in [-0.1, -0.05) is 18.2 Å². The summed E-state index contributed by atoms with van der Waals surface area (Å²) in [4.78, 5) is 23.6. The molecule has 138 valence electrons. The third kappa shape index (κ3) is 4.78. The molecule has 0 aliphatic rings. The number of amides is 1. The number of benzene rings is 2. The van der Waals surface area contributed by atoms with Gasteiger partial charge >= 0.3 is 5.97 Å². The van der Waals surface area contributed by atoms with Crippen molar-refractivity contribution in [3.63, 3.8) is 0 Å². The first kappa shape index (κ1) is 19.4. The minimum atomic E-state index is -1.06. The Balaban J connectivity index is 2.07. The molecule has 1 N–H and O–H groups in total. The summed E-state index contributed by atoms with van der Waals surface area (Å²) in [6.07, 6.45) is 0.448. The van der Waals surface area contributed by atoms with E-state index in [1.165, 1.54) is 0 Å². The highest BCUT2D eigenvalue weighted by Gasteiger charge is 2.18. The molecule has 0 aliphatic carbocycles. The van der Waals surface area contributed by atoms with Crippen molar-refractivity contribution in [3.8, 4) is 5.75 Å². The van der Waals surface area contributed by atoms with E-state index in [-0.39, 0.29) is 12.1 Å². The molecule has 0 aliphatic heterocycles. The third-order valence-electron chi connectivity index (χ3n) is 3.63. The Hall–Kier alpha value is -2.96. The van der Waals surface area contributed by atoms with Gasteiger partial charge in [0.1, 0.15) is 17.4 Å². The van der Waals surface area contributed by atoms with Crippen LogP contribution in [0.2, 0.25) is 0 Å². The summed E-state index contributed by atoms with van der Waals surface area (Å²) >= 11 is 0. The van der Waals surface area contributed by atoms with E-state index in [0.29, 0.717) is 24.8 Å². The number of halogens is 2. The fourth-order valence-electron chi connectivity index (χ4n) is 2.38. The van der Waals surface area contributed by atoms with Crippen molar-refractivity contribution in [3.05, 3.63) is 59.2 Å². The molecule has 0 atom stereocenters. The largest absolute Gasteiger partial charge is 0.494 e. The van der Waals surface area contributed by atoms with Crippen LogP contribution in [0.5, 0.6) is 5.75 Å². The number of anilines is 1. The van der Waals surface area contributed by atoms with Gasteiger partial charge in [0.25, 0.3) is 0 Å². The molecule has 2 aromatic carbocycles. The number of aryl methyl sites for hydroxylation is 1. The van der Waals surface area contributed by atoms with E-state index in [4.69, 9.17) is 4.74 Å². The van der Waals surface area contributed by atoms with Crippen LogP contribution in [0.3, 0.4) is 0 Å². The monoisotopic (exact) mass is 363 g/mol. The van der Waals surface area contributed by atoms with Crippen LogP contribution in [-0.4, -0.2) is 25.6 Å². The summed E-state index contributed by atoms with van der Waals surface area (Å²) in [6, 6.07) is 8.76. The Labute approximate surface area is 149 Å². The lowest BCUT2D eigenvalue weighted by Crippen LogP contribution is -2.15. The van der Waals surface area contributed by atoms with Gasteiger partial charge in [0, 0.05) is 12.5 Å². The number of ether oxygens (including phenoxy) is 2. The molecule has 2 aromatic rings. The van der Waals surface area contributed by atoms with E-state index in [2.05, 4.69) is 10.1 Å². The van der Waals surface area contributed by atoms with Crippen molar-refractivity contribution >= 4 is 17.6 Å². The first-order valence-corrected chi connectivity index (χ1v) is 8.04. The molecule has 0 unspecified atom stereocenters. The maximum Gasteiger partial charge on any atom is 0.340 e. The molecular formula is C19H19F2NO4. The quantitative estimate of drug-likeness (QED) is 0.762. The summed E-state index contributed by atoms with van der Waals surface area (Å²) in [6.45, 7) is 2.36. The maximum atomic E-state index is 13.9. The van der Waals surface area contributed by atoms with Crippen molar-refractivity contribution in [2.45, 2.75) is 19.8 Å². The van der Waals surface area contributed by atoms with Gasteiger partial charge in [-0.2, -0.15) is 0 Å². The Morgan fingerprint density at radius 3 is 2.54 bits per heavy atom. The second-order valence-electron chi connectivity index (χ2n) is 5.39. The SMILES string of the molecule is CCOc1ccccc1CCC(=O)Nc1cc(C(=O)OC)c(F)cc1F. The molecule has 2 rings (SSSR count). The number of rotatable bonds is 7. The first-order valence-electron chi connectivity index (χ1n) is 8.04. The van der Waals surface area contributed by atoms with Gasteiger partial charge in [0.15, 0.2) is 0 Å². The molecule has 26 heavy (non-hydrogen) atoms. The Morgan fingerprint density at radius 2 is 1.85 bits per heavy atom. The van der Waals surface area contributed by atoms with E-state index >= 15 is 0 Å². The molecule has 1 amide bonds. The van der Waals surface area contributed by atoms with E-state index in [9.17, 15) is 18.4 Å². The fraction of sp³-hybridized carbons (Fsp3) is 0.263. The summed E-state index contributed by atoms with van der Waals surface area (Å²) in [5, 5.41) is 2.35. The Morgan fingerprint density at radius 1 is 1.12 bits per heavy atom. The zero-order valence-corrected chi connectivity index (χ0v) is 14.5. The number of methoxy groups -OCH3 is 1. The van der Waals surface area contributed by atoms with Crippen LogP contribution in [0.4, 0.5) is 14.5 Å². The molecule has 0 heterocycles. The minimum Gasteiger partial charge on any atom is -0.494 e. The normalized spacial score (nSPS) is 10.3. The zero-order chi connectivity index (χ0) is 19.1. The molecular weight excluding hydrogens is 344 g/mol. The predicted octanol–water partition coefficient (Wildman–Crippen LogP) is 3.72. The number of para-hydroxylation sites is 1. The summed E-state index contributed by atoms with van der Waals surface area (Å²) in [7, 11) is 1.08. The molecule has 0 saturated carbocycles. The Kier molecular flexibility index (Phi) is 6.66. The molecule has 0 saturated heterocycles. The van der Waals surface area contributed by atoms with Crippen LogP contribution in [0, 0.1) is 11.6 Å². The van der Waals surface area contributed by atoms with Crippen LogP contribution in [-0.2, 0) is 16.0 Å². The van der Waals surface area contributed by atoms with Crippen LogP contribution in [0.25, 0.3) is 0 Å². The van der Waals surface area contributed by atoms with Gasteiger partial charge in [-0.25, -0.2) is 13.6 Å². The number of hydrogen-bond donors (Lipinski definition) is 1. The molecule has 7 heteroatoms. The Bertz CT molecular complexity index is 808. The maximum absolute atomic E-state index is 13.9. The summed E-state index contributed by atoms with van der Waals surface area (Å²) in [5.41, 5.74) is 0.111. The summed E-state index contributed by atoms with van der Waals surface area (Å²) < 4.78 is 37.4. The van der Waals surface area contributed by atoms with Crippen molar-refractivity contribution in [2.24, 2.45) is 0 Å². The molecule has 0 radical (unpaired) electrons. The first-order chi connectivity index (χ1) is 12.5. The lowest BCUT2D eigenvalue weighted by atomic mass is 10.1. The van der Waals surface area contributed by atoms with Crippen molar-refractivity contribution < 1.29 is 27.8 Å². The topological polar surface area (TPSA) is 64.6 Å². The fourth-order valence-corrected chi connectivity index (χ4v) is 2.38. The number of hydrogen-bond acceptors (Lipinski definition) is 4. The van der Waals surface area contributed by atoms with Crippen LogP contribution in [0.15, 0.2) is 36.4 Å². The van der Waals surface area contributed by atoms with Crippen molar-refractivity contribution in [1.29, 1.82) is 0 Å². The highest BCUT2D eigenvalue weighted by molar-refractivity contribution is 5.95. The zero-order valence-electron chi connectivity index (χ0n) is 14.5. The molecule has 0 fully saturated rings. The average molecular weight is 363 g/mol.